The Kier molecular flexibility index (Phi) is 5.89. The second-order valence-electron chi connectivity index (χ2n) is 6.51. The third-order valence-corrected chi connectivity index (χ3v) is 4.49. The molecule has 1 unspecified atom stereocenters. The summed E-state index contributed by atoms with van der Waals surface area (Å²) in [5, 5.41) is 4.91. The molecule has 0 spiro atoms. The molecule has 0 radical (unpaired) electrons. The van der Waals surface area contributed by atoms with Gasteiger partial charge < -0.3 is 21.1 Å². The molecule has 0 bridgehead atoms. The molecule has 0 aliphatic carbocycles. The van der Waals surface area contributed by atoms with E-state index in [0.29, 0.717) is 23.6 Å². The fourth-order valence-corrected chi connectivity index (χ4v) is 2.95. The van der Waals surface area contributed by atoms with Crippen LogP contribution in [0.5, 0.6) is 5.75 Å². The first kappa shape index (κ1) is 19.8. The summed E-state index contributed by atoms with van der Waals surface area (Å²) < 4.78 is 33.3. The molecule has 4 N–H and O–H groups in total. The van der Waals surface area contributed by atoms with E-state index in [1.54, 1.807) is 18.2 Å². The lowest BCUT2D eigenvalue weighted by atomic mass is 10.1. The molecular formula is C20H22F2N4O2. The average Bonchev–Trinajstić information content (AvgIpc) is 3.01. The second kappa shape index (κ2) is 8.35. The van der Waals surface area contributed by atoms with Crippen molar-refractivity contribution in [3.05, 3.63) is 59.7 Å². The number of nitrogens with one attached hydrogen (secondary N) is 2. The number of carbonyl (C=O) groups excluding carboxylic acids is 1. The van der Waals surface area contributed by atoms with Gasteiger partial charge in [-0.15, -0.1) is 0 Å². The van der Waals surface area contributed by atoms with E-state index in [1.807, 2.05) is 30.3 Å². The molecular weight excluding hydrogens is 366 g/mol. The number of hydrogen-bond donors (Lipinski definition) is 3. The summed E-state index contributed by atoms with van der Waals surface area (Å²) in [5.74, 6) is -3.22. The predicted molar refractivity (Wildman–Crippen MR) is 104 cm³/mol. The Morgan fingerprint density at radius 2 is 2.07 bits per heavy atom. The number of alkyl halides is 2. The SMILES string of the molecule is CN=C(C(=O)NC1CNCC1(F)F)c1cc(OCc2ccccc2)ccc1N. The number of halogens is 2. The number of nitrogens with two attached hydrogens (primary N) is 1. The Bertz CT molecular complexity index is 872. The first-order chi connectivity index (χ1) is 13.4. The average molecular weight is 388 g/mol. The molecule has 1 saturated heterocycles. The van der Waals surface area contributed by atoms with Gasteiger partial charge >= 0.3 is 0 Å². The summed E-state index contributed by atoms with van der Waals surface area (Å²) in [6.45, 7) is -0.137. The summed E-state index contributed by atoms with van der Waals surface area (Å²) in [6.07, 6.45) is 0. The Hall–Kier alpha value is -3.00. The molecule has 2 aromatic carbocycles. The van der Waals surface area contributed by atoms with Gasteiger partial charge in [0.05, 0.1) is 6.54 Å². The summed E-state index contributed by atoms with van der Waals surface area (Å²) >= 11 is 0. The smallest absolute Gasteiger partial charge is 0.281 e. The van der Waals surface area contributed by atoms with Crippen molar-refractivity contribution >= 4 is 17.3 Å². The maximum atomic E-state index is 13.8. The van der Waals surface area contributed by atoms with Gasteiger partial charge in [-0.25, -0.2) is 8.78 Å². The lowest BCUT2D eigenvalue weighted by Gasteiger charge is -2.20. The lowest BCUT2D eigenvalue weighted by Crippen LogP contribution is -2.49. The highest BCUT2D eigenvalue weighted by molar-refractivity contribution is 6.46. The minimum absolute atomic E-state index is 0.00849. The van der Waals surface area contributed by atoms with Crippen molar-refractivity contribution in [1.29, 1.82) is 0 Å². The first-order valence-electron chi connectivity index (χ1n) is 8.83. The normalized spacial score (nSPS) is 18.7. The van der Waals surface area contributed by atoms with Crippen molar-refractivity contribution in [1.82, 2.24) is 10.6 Å². The van der Waals surface area contributed by atoms with E-state index in [-0.39, 0.29) is 12.3 Å². The summed E-state index contributed by atoms with van der Waals surface area (Å²) in [7, 11) is 1.41. The Balaban J connectivity index is 1.75. The van der Waals surface area contributed by atoms with Gasteiger partial charge in [0.2, 0.25) is 0 Å². The van der Waals surface area contributed by atoms with Gasteiger partial charge in [0.1, 0.15) is 24.1 Å². The zero-order valence-corrected chi connectivity index (χ0v) is 15.4. The van der Waals surface area contributed by atoms with Crippen LogP contribution >= 0.6 is 0 Å². The number of amides is 1. The number of nitrogen functional groups attached to an aromatic ring is 1. The van der Waals surface area contributed by atoms with Crippen LogP contribution in [0, 0.1) is 0 Å². The fourth-order valence-electron chi connectivity index (χ4n) is 2.95. The maximum absolute atomic E-state index is 13.8. The van der Waals surface area contributed by atoms with E-state index in [0.717, 1.165) is 5.56 Å². The van der Waals surface area contributed by atoms with Crippen LogP contribution in [-0.2, 0) is 11.4 Å². The number of carbonyl (C=O) groups is 1. The highest BCUT2D eigenvalue weighted by atomic mass is 19.3. The molecule has 28 heavy (non-hydrogen) atoms. The monoisotopic (exact) mass is 388 g/mol. The van der Waals surface area contributed by atoms with Crippen molar-refractivity contribution in [3.63, 3.8) is 0 Å². The Morgan fingerprint density at radius 3 is 2.71 bits per heavy atom. The van der Waals surface area contributed by atoms with E-state index in [2.05, 4.69) is 15.6 Å². The third kappa shape index (κ3) is 4.45. The first-order valence-corrected chi connectivity index (χ1v) is 8.83. The predicted octanol–water partition coefficient (Wildman–Crippen LogP) is 1.99. The van der Waals surface area contributed by atoms with Gasteiger partial charge in [-0.05, 0) is 23.8 Å². The number of benzene rings is 2. The van der Waals surface area contributed by atoms with Crippen LogP contribution in [0.3, 0.4) is 0 Å². The molecule has 8 heteroatoms. The van der Waals surface area contributed by atoms with Gasteiger partial charge in [-0.1, -0.05) is 30.3 Å². The van der Waals surface area contributed by atoms with Crippen LogP contribution in [0.2, 0.25) is 0 Å². The number of ether oxygens (including phenoxy) is 1. The second-order valence-corrected chi connectivity index (χ2v) is 6.51. The van der Waals surface area contributed by atoms with Crippen molar-refractivity contribution in [3.8, 4) is 5.75 Å². The van der Waals surface area contributed by atoms with Crippen LogP contribution in [-0.4, -0.2) is 43.7 Å². The molecule has 1 aliphatic rings. The lowest BCUT2D eigenvalue weighted by molar-refractivity contribution is -0.117. The topological polar surface area (TPSA) is 88.7 Å². The molecule has 1 heterocycles. The van der Waals surface area contributed by atoms with Crippen LogP contribution < -0.4 is 21.1 Å². The van der Waals surface area contributed by atoms with Crippen LogP contribution in [0.25, 0.3) is 0 Å². The van der Waals surface area contributed by atoms with Gasteiger partial charge in [0, 0.05) is 24.8 Å². The molecule has 148 valence electrons. The number of anilines is 1. The highest BCUT2D eigenvalue weighted by Gasteiger charge is 2.45. The Morgan fingerprint density at radius 1 is 1.32 bits per heavy atom. The molecule has 2 aromatic rings. The highest BCUT2D eigenvalue weighted by Crippen LogP contribution is 2.24. The molecule has 6 nitrogen and oxygen atoms in total. The zero-order valence-electron chi connectivity index (χ0n) is 15.4. The van der Waals surface area contributed by atoms with Crippen molar-refractivity contribution in [2.45, 2.75) is 18.6 Å². The summed E-state index contributed by atoms with van der Waals surface area (Å²) in [6, 6.07) is 13.2. The number of hydrogen-bond acceptors (Lipinski definition) is 5. The maximum Gasteiger partial charge on any atom is 0.281 e. The third-order valence-electron chi connectivity index (χ3n) is 4.49. The van der Waals surface area contributed by atoms with Crippen LogP contribution in [0.4, 0.5) is 14.5 Å². The van der Waals surface area contributed by atoms with Crippen molar-refractivity contribution in [2.75, 3.05) is 25.9 Å². The number of nitrogens with zero attached hydrogens (tertiary/aromatic N) is 1. The minimum Gasteiger partial charge on any atom is -0.489 e. The van der Waals surface area contributed by atoms with Gasteiger partial charge in [-0.2, -0.15) is 0 Å². The fraction of sp³-hybridized carbons (Fsp3) is 0.300. The standard InChI is InChI=1S/C20H22F2N4O2/c1-24-18(19(27)26-17-10-25-12-20(17,21)22)15-9-14(7-8-16(15)23)28-11-13-5-3-2-4-6-13/h2-9,17,25H,10-12,23H2,1H3,(H,26,27). The molecule has 1 atom stereocenters. The molecule has 3 rings (SSSR count). The quantitative estimate of drug-likeness (QED) is 0.522. The molecule has 1 fully saturated rings. The Labute approximate surface area is 161 Å². The van der Waals surface area contributed by atoms with Crippen LogP contribution in [0.1, 0.15) is 11.1 Å². The minimum atomic E-state index is -3.01. The molecule has 1 amide bonds. The van der Waals surface area contributed by atoms with E-state index in [1.165, 1.54) is 7.05 Å². The van der Waals surface area contributed by atoms with E-state index >= 15 is 0 Å². The molecule has 1 aliphatic heterocycles. The summed E-state index contributed by atoms with van der Waals surface area (Å²) in [5.41, 5.74) is 7.60. The number of rotatable bonds is 6. The summed E-state index contributed by atoms with van der Waals surface area (Å²) in [4.78, 5) is 16.5. The van der Waals surface area contributed by atoms with Crippen LogP contribution in [0.15, 0.2) is 53.5 Å². The molecule has 0 aromatic heterocycles. The number of aliphatic imine (C=N–C) groups is 1. The largest absolute Gasteiger partial charge is 0.489 e. The van der Waals surface area contributed by atoms with Crippen molar-refractivity contribution < 1.29 is 18.3 Å². The van der Waals surface area contributed by atoms with Crippen molar-refractivity contribution in [2.24, 2.45) is 4.99 Å². The van der Waals surface area contributed by atoms with E-state index in [9.17, 15) is 13.6 Å². The van der Waals surface area contributed by atoms with Gasteiger partial charge in [0.15, 0.2) is 0 Å². The van der Waals surface area contributed by atoms with Gasteiger partial charge in [0.25, 0.3) is 11.8 Å². The van der Waals surface area contributed by atoms with E-state index < -0.39 is 24.4 Å². The van der Waals surface area contributed by atoms with Gasteiger partial charge in [-0.3, -0.25) is 9.79 Å². The van der Waals surface area contributed by atoms with E-state index in [4.69, 9.17) is 10.5 Å². The molecule has 0 saturated carbocycles. The zero-order chi connectivity index (χ0) is 20.1.